The Kier molecular flexibility index (Phi) is 16.0. The number of anilines is 6. The van der Waals surface area contributed by atoms with Crippen molar-refractivity contribution < 1.29 is 11.0 Å². The summed E-state index contributed by atoms with van der Waals surface area (Å²) in [6.45, 7) is 47.9. The number of aromatic nitrogens is 2. The Bertz CT molecular complexity index is 7840. The summed E-state index contributed by atoms with van der Waals surface area (Å²) in [5.41, 5.74) is 26.6. The standard InChI is InChI=1S/C118H113BN4/c1-112(2,3)77-52-50-72(51-53-77)74-62-107-109-108(63-74)123(111-95(73-36-23-22-24-37-73)67-83(118(19,20)21)68-96(111)76-60-81(116(13,14)15)65-82(61-76)117(16,17)18)105-69-84(120-100-47-32-29-42-89(100)90-43-30-33-48-101(90)120)55-56-98(105)119(109)99-70-97-88-41-28-26-39-86(88)85-38-25-27-40-87(85)92-45-35-46-93-91-44-31-34-49-102(91)122(110(92)93)104(97)71-106(99)121(107)103-57-54-78(113(4,5)6)66-94(103)75-58-79(114(7,8)9)64-80(59-75)115(10,11)12/h22-71H,1-21H3/i29D,30D,32D,33D,42D,43D,47D,48D. The second kappa shape index (κ2) is 28.1. The Morgan fingerprint density at radius 3 is 1.22 bits per heavy atom. The quantitative estimate of drug-likeness (QED) is 0.148. The molecule has 0 unspecified atom stereocenters. The molecule has 0 aliphatic carbocycles. The van der Waals surface area contributed by atoms with Crippen LogP contribution in [-0.2, 0) is 37.9 Å². The first-order chi connectivity index (χ1) is 61.8. The van der Waals surface area contributed by atoms with Crippen LogP contribution in [0.5, 0.6) is 0 Å². The van der Waals surface area contributed by atoms with Gasteiger partial charge in [-0.3, -0.25) is 0 Å². The van der Waals surface area contributed by atoms with Gasteiger partial charge in [0, 0.05) is 77.4 Å². The van der Waals surface area contributed by atoms with Crippen LogP contribution in [0.25, 0.3) is 132 Å². The zero-order chi connectivity index (χ0) is 92.8. The third kappa shape index (κ3) is 13.1. The molecule has 0 saturated heterocycles. The van der Waals surface area contributed by atoms with E-state index < -0.39 is 48.4 Å². The van der Waals surface area contributed by atoms with Crippen LogP contribution in [0.1, 0.15) is 195 Å². The average molecular weight is 1610 g/mol. The zero-order valence-electron chi connectivity index (χ0n) is 83.1. The summed E-state index contributed by atoms with van der Waals surface area (Å²) in [4.78, 5) is 5.20. The number of rotatable bonds is 7. The number of benzene rings is 15. The van der Waals surface area contributed by atoms with Crippen molar-refractivity contribution in [2.75, 3.05) is 9.80 Å². The van der Waals surface area contributed by atoms with Crippen molar-refractivity contribution in [1.29, 1.82) is 0 Å². The van der Waals surface area contributed by atoms with Gasteiger partial charge in [0.25, 0.3) is 6.71 Å². The van der Waals surface area contributed by atoms with Crippen molar-refractivity contribution >= 4 is 139 Å². The van der Waals surface area contributed by atoms with Gasteiger partial charge in [-0.1, -0.05) is 376 Å². The van der Waals surface area contributed by atoms with E-state index in [2.05, 4.69) is 408 Å². The van der Waals surface area contributed by atoms with E-state index in [4.69, 9.17) is 0 Å². The highest BCUT2D eigenvalue weighted by Gasteiger charge is 2.47. The van der Waals surface area contributed by atoms with Crippen LogP contribution in [0.15, 0.2) is 303 Å². The summed E-state index contributed by atoms with van der Waals surface area (Å²) >= 11 is 0. The SMILES string of the molecule is [2H]c1c([2H])c([2H])c2c(c1[2H])c1c([2H])c([2H])c([2H])c([2H])c1n2-c1ccc2c(c1)N(c1c(-c3ccccc3)cc(C(C)(C)C)cc1-c1cc(C(C)(C)C)cc(C(C)(C)C)c1)c1cc(-c3ccc(C(C)(C)C)cc3)cc3c1B2c1cc2c4ccccc4c4ccccc4c4cccc5c6ccccc6n(c2cc1N3c1ccc(C(C)(C)C)cc1-c1cc(C(C)(C)C)cc(C(C)(C)C)c1)c45. The molecule has 0 N–H and O–H groups in total. The lowest BCUT2D eigenvalue weighted by Crippen LogP contribution is -2.61. The van der Waals surface area contributed by atoms with Crippen molar-refractivity contribution in [3.05, 3.63) is 342 Å². The van der Waals surface area contributed by atoms with E-state index in [1.165, 1.54) is 33.4 Å². The summed E-state index contributed by atoms with van der Waals surface area (Å²) in [5, 5.41) is 8.82. The van der Waals surface area contributed by atoms with E-state index in [1.807, 2.05) is 6.07 Å². The molecule has 0 bridgehead atoms. The van der Waals surface area contributed by atoms with Gasteiger partial charge in [0.05, 0.1) is 49.9 Å². The van der Waals surface area contributed by atoms with Gasteiger partial charge in [-0.25, -0.2) is 0 Å². The molecule has 2 aliphatic rings. The third-order valence-corrected chi connectivity index (χ3v) is 26.5. The van der Waals surface area contributed by atoms with Crippen LogP contribution in [-0.4, -0.2) is 15.7 Å². The Balaban J connectivity index is 1.07. The summed E-state index contributed by atoms with van der Waals surface area (Å²) < 4.78 is 82.2. The predicted molar refractivity (Wildman–Crippen MR) is 535 cm³/mol. The molecule has 5 heteroatoms. The monoisotopic (exact) mass is 1600 g/mol. The van der Waals surface area contributed by atoms with E-state index in [0.29, 0.717) is 5.69 Å². The van der Waals surface area contributed by atoms with E-state index in [-0.39, 0.29) is 66.4 Å². The van der Waals surface area contributed by atoms with Gasteiger partial charge in [0.1, 0.15) is 0 Å². The van der Waals surface area contributed by atoms with E-state index in [0.717, 1.165) is 160 Å². The molecule has 0 saturated carbocycles. The molecule has 20 rings (SSSR count). The van der Waals surface area contributed by atoms with Gasteiger partial charge >= 0.3 is 0 Å². The summed E-state index contributed by atoms with van der Waals surface area (Å²) in [5.74, 6) is 0. The second-order valence-corrected chi connectivity index (χ2v) is 42.1. The van der Waals surface area contributed by atoms with Gasteiger partial charge in [0.2, 0.25) is 0 Å². The number of fused-ring (bicyclic) bond motifs is 17. The molecule has 608 valence electrons. The molecule has 0 amide bonds. The van der Waals surface area contributed by atoms with Crippen LogP contribution >= 0.6 is 0 Å². The molecule has 3 aromatic heterocycles. The molecule has 4 nitrogen and oxygen atoms in total. The Morgan fingerprint density at radius 2 is 0.675 bits per heavy atom. The fourth-order valence-corrected chi connectivity index (χ4v) is 19.5. The topological polar surface area (TPSA) is 15.8 Å². The van der Waals surface area contributed by atoms with E-state index in [9.17, 15) is 11.0 Å². The first-order valence-electron chi connectivity index (χ1n) is 47.9. The fourth-order valence-electron chi connectivity index (χ4n) is 19.5. The lowest BCUT2D eigenvalue weighted by molar-refractivity contribution is 0.568. The van der Waals surface area contributed by atoms with Crippen LogP contribution in [0.4, 0.5) is 34.1 Å². The number of nitrogens with zero attached hydrogens (tertiary/aromatic N) is 4. The molecule has 0 atom stereocenters. The maximum atomic E-state index is 10.2. The maximum Gasteiger partial charge on any atom is 0.252 e. The summed E-state index contributed by atoms with van der Waals surface area (Å²) in [7, 11) is 0. The number of hydrogen-bond donors (Lipinski definition) is 0. The van der Waals surface area contributed by atoms with Gasteiger partial charge < -0.3 is 18.8 Å². The lowest BCUT2D eigenvalue weighted by atomic mass is 9.33. The summed E-state index contributed by atoms with van der Waals surface area (Å²) in [6, 6.07) is 93.4. The lowest BCUT2D eigenvalue weighted by Gasteiger charge is -2.46. The largest absolute Gasteiger partial charge is 0.311 e. The van der Waals surface area contributed by atoms with Crippen molar-refractivity contribution in [3.63, 3.8) is 0 Å². The number of hydrogen-bond acceptors (Lipinski definition) is 2. The molecule has 18 aromatic rings. The van der Waals surface area contributed by atoms with Crippen LogP contribution < -0.4 is 26.2 Å². The second-order valence-electron chi connectivity index (χ2n) is 42.1. The molecule has 15 aromatic carbocycles. The average Bonchev–Trinajstić information content (AvgIpc) is 1.42. The molecule has 5 heterocycles. The van der Waals surface area contributed by atoms with Crippen molar-refractivity contribution in [2.45, 2.75) is 183 Å². The molecule has 0 fully saturated rings. The number of para-hydroxylation sites is 4. The highest BCUT2D eigenvalue weighted by molar-refractivity contribution is 7.00. The van der Waals surface area contributed by atoms with Crippen LogP contribution in [0.2, 0.25) is 0 Å². The smallest absolute Gasteiger partial charge is 0.252 e. The van der Waals surface area contributed by atoms with Gasteiger partial charge in [-0.15, -0.1) is 0 Å². The molecular weight excluding hydrogens is 1480 g/mol. The maximum absolute atomic E-state index is 10.2. The van der Waals surface area contributed by atoms with E-state index in [1.54, 1.807) is 4.57 Å². The first kappa shape index (κ1) is 70.1. The first-order valence-corrected chi connectivity index (χ1v) is 43.9. The van der Waals surface area contributed by atoms with Crippen molar-refractivity contribution in [3.8, 4) is 50.2 Å². The minimum absolute atomic E-state index is 0.00557. The Hall–Kier alpha value is -12.4. The van der Waals surface area contributed by atoms with Crippen LogP contribution in [0.3, 0.4) is 0 Å². The minimum atomic E-state index is -0.620. The van der Waals surface area contributed by atoms with Crippen molar-refractivity contribution in [1.82, 2.24) is 8.97 Å². The molecule has 0 spiro atoms. The highest BCUT2D eigenvalue weighted by atomic mass is 15.2. The van der Waals surface area contributed by atoms with Crippen LogP contribution in [0, 0.1) is 0 Å². The summed E-state index contributed by atoms with van der Waals surface area (Å²) in [6.07, 6.45) is 0. The minimum Gasteiger partial charge on any atom is -0.311 e. The van der Waals surface area contributed by atoms with Gasteiger partial charge in [-0.2, -0.15) is 0 Å². The highest BCUT2D eigenvalue weighted by Crippen LogP contribution is 2.56. The molecular formula is C118H113BN4. The predicted octanol–water partition coefficient (Wildman–Crippen LogP) is 31.2. The Morgan fingerprint density at radius 1 is 0.244 bits per heavy atom. The normalized spacial score (nSPS) is 14.4. The Labute approximate surface area is 739 Å². The van der Waals surface area contributed by atoms with Gasteiger partial charge in [0.15, 0.2) is 0 Å². The van der Waals surface area contributed by atoms with Crippen molar-refractivity contribution in [2.24, 2.45) is 0 Å². The molecule has 123 heavy (non-hydrogen) atoms. The molecule has 2 aliphatic heterocycles. The fraction of sp³-hybridized carbons (Fsp3) is 0.237. The molecule has 0 radical (unpaired) electrons. The zero-order valence-corrected chi connectivity index (χ0v) is 75.1. The van der Waals surface area contributed by atoms with Gasteiger partial charge in [-0.05, 0) is 215 Å². The third-order valence-electron chi connectivity index (χ3n) is 26.5. The van der Waals surface area contributed by atoms with E-state index >= 15 is 0 Å².